The molecular weight excluding hydrogens is 1340 g/mol. The second-order valence-corrected chi connectivity index (χ2v) is 31.4. The molecule has 0 unspecified atom stereocenters. The first-order valence-corrected chi connectivity index (χ1v) is 34.9. The van der Waals surface area contributed by atoms with Crippen molar-refractivity contribution in [2.24, 2.45) is 50.2 Å². The van der Waals surface area contributed by atoms with Crippen LogP contribution in [-0.2, 0) is 71.3 Å². The molecule has 4 saturated carbocycles. The Morgan fingerprint density at radius 3 is 1.70 bits per heavy atom. The monoisotopic (exact) mass is 1440 g/mol. The molecule has 568 valence electrons. The number of carboxylic acid groups (broad SMARTS) is 1. The summed E-state index contributed by atoms with van der Waals surface area (Å²) in [6.45, 7) is 13.5. The Labute approximate surface area is 583 Å². The van der Waals surface area contributed by atoms with Gasteiger partial charge in [-0.1, -0.05) is 65.3 Å². The molecule has 31 nitrogen and oxygen atoms in total. The first-order chi connectivity index (χ1) is 47.5. The molecule has 9 fully saturated rings. The third-order valence-corrected chi connectivity index (χ3v) is 25.2. The average Bonchev–Trinajstić information content (AvgIpc) is 0.671. The SMILES string of the molecule is COc1ccc(/C=C\C(=O)O[C@@H]2[C@H](O)[C@@H](O[C@@H]3O[C@@H](C)[C@H](O)[C@@H](O)[C@H]3O[C@@H]3O[C@H](CO)[C@@H](O)[C@H](O)[C@H]3O)[C@H](OC(=O)[C@]34CCC(C)(C)C[C@H]3C3=CC[C@@H]5[C@@]6(C)CC[C@H](O[C@@H]7O[C@H](C(=O)O)[C@@H](O)[C@H](O)[C@H]7O[C@@H]7O[C@H](CO)[C@H](O)[C@H](O)[C@H]7O)[C@@](C)(C=O)[C@@H]6CC[C@@]5(C)[C@]3(C)C[C@H]4O)O[C@@H]2C)cc1. The normalized spacial score (nSPS) is 49.7. The number of aldehydes is 1. The average molecular weight is 1440 g/mol. The second kappa shape index (κ2) is 29.4. The number of methoxy groups -OCH3 is 1. The summed E-state index contributed by atoms with van der Waals surface area (Å²) in [7, 11) is 1.50. The second-order valence-electron chi connectivity index (χ2n) is 31.4. The van der Waals surface area contributed by atoms with Crippen molar-refractivity contribution in [2.45, 2.75) is 279 Å². The molecule has 0 aromatic heterocycles. The predicted molar refractivity (Wildman–Crippen MR) is 341 cm³/mol. The van der Waals surface area contributed by atoms with Crippen LogP contribution in [0.2, 0.25) is 0 Å². The summed E-state index contributed by atoms with van der Waals surface area (Å²) in [5.74, 6) is -4.29. The van der Waals surface area contributed by atoms with Gasteiger partial charge in [0.05, 0.1) is 50.2 Å². The number of carbonyl (C=O) groups excluding carboxylic acids is 3. The Morgan fingerprint density at radius 1 is 0.564 bits per heavy atom. The van der Waals surface area contributed by atoms with Crippen LogP contribution in [0.15, 0.2) is 42.0 Å². The smallest absolute Gasteiger partial charge is 0.335 e. The highest BCUT2D eigenvalue weighted by Gasteiger charge is 2.73. The topological polar surface area (TPSA) is 482 Å². The number of hydrogen-bond acceptors (Lipinski definition) is 30. The molecule has 11 rings (SSSR count). The number of esters is 2. The maximum atomic E-state index is 16.0. The van der Waals surface area contributed by atoms with Gasteiger partial charge in [0.2, 0.25) is 6.29 Å². The number of carboxylic acids is 1. The molecule has 1 aromatic carbocycles. The fourth-order valence-corrected chi connectivity index (χ4v) is 19.0. The van der Waals surface area contributed by atoms with E-state index >= 15 is 4.79 Å². The Kier molecular flexibility index (Phi) is 22.7. The number of aliphatic hydroxyl groups is 14. The van der Waals surface area contributed by atoms with E-state index in [9.17, 15) is 91.0 Å². The molecular formula is C70H102O31. The summed E-state index contributed by atoms with van der Waals surface area (Å²) < 4.78 is 72.2. The zero-order valence-electron chi connectivity index (χ0n) is 58.0. The van der Waals surface area contributed by atoms with Gasteiger partial charge in [-0.05, 0) is 135 Å². The van der Waals surface area contributed by atoms with Crippen molar-refractivity contribution in [1.82, 2.24) is 0 Å². The van der Waals surface area contributed by atoms with Gasteiger partial charge in [0.15, 0.2) is 43.5 Å². The van der Waals surface area contributed by atoms with Gasteiger partial charge in [-0.15, -0.1) is 0 Å². The third-order valence-electron chi connectivity index (χ3n) is 25.2. The highest BCUT2D eigenvalue weighted by atomic mass is 16.8. The molecule has 5 aliphatic heterocycles. The molecule has 5 aliphatic carbocycles. The van der Waals surface area contributed by atoms with Crippen LogP contribution in [0, 0.1) is 50.2 Å². The number of benzene rings is 1. The number of fused-ring (bicyclic) bond motifs is 7. The molecule has 35 atom stereocenters. The van der Waals surface area contributed by atoms with E-state index in [1.54, 1.807) is 31.2 Å². The predicted octanol–water partition coefficient (Wildman–Crippen LogP) is -1.64. The molecule has 101 heavy (non-hydrogen) atoms. The fraction of sp³-hybridized carbons (Fsp3) is 0.800. The molecule has 0 spiro atoms. The van der Waals surface area contributed by atoms with Gasteiger partial charge in [0, 0.05) is 6.08 Å². The summed E-state index contributed by atoms with van der Waals surface area (Å²) in [5.41, 5.74) is -4.09. The molecule has 31 heteroatoms. The molecule has 0 radical (unpaired) electrons. The standard InChI is InChI=1S/C70H102O31/c1-29-42(76)47(81)55(98-59-50(84)45(79)43(77)35(26-71)93-59)61(91-29)100-57-52(86)53(96-41(75)17-12-31-10-13-32(90-9)14-11-31)30(2)92-62(57)101-64(89)70-23-22-65(3,4)24-34(70)33-15-16-38-66(5)20-19-40(67(6,28-73)37(66)18-21-68(38,7)69(33,8)25-39(70)74)95-63-56(49(83)48(82)54(97-63)58(87)88)99-60-51(85)46(80)44(78)36(27-72)94-60/h10-15,17,28-30,34-40,42-57,59-63,71-72,74,76-86H,16,18-27H2,1-9H3,(H,87,88)/b17-12-/t29-,30+,34-,35+,36+,37+,38+,39+,40-,42-,43+,44-,45-,46-,47+,48-,49-,50+,51+,52-,53-,54-,55+,56+,57+,59-,60-,61-,62-,63+,66-,67-,68+,69+,70+/m0/s1. The first-order valence-electron chi connectivity index (χ1n) is 34.9. The Balaban J connectivity index is 0.884. The van der Waals surface area contributed by atoms with Crippen molar-refractivity contribution in [2.75, 3.05) is 20.3 Å². The summed E-state index contributed by atoms with van der Waals surface area (Å²) in [4.78, 5) is 56.3. The Hall–Kier alpha value is -4.34. The van der Waals surface area contributed by atoms with Gasteiger partial charge in [-0.2, -0.15) is 0 Å². The van der Waals surface area contributed by atoms with E-state index in [2.05, 4.69) is 40.7 Å². The van der Waals surface area contributed by atoms with Crippen molar-refractivity contribution < 1.29 is 153 Å². The molecule has 1 aromatic rings. The van der Waals surface area contributed by atoms with E-state index in [0.29, 0.717) is 49.8 Å². The lowest BCUT2D eigenvalue weighted by Gasteiger charge is -2.71. The minimum atomic E-state index is -2.12. The molecule has 5 heterocycles. The van der Waals surface area contributed by atoms with Crippen molar-refractivity contribution in [3.63, 3.8) is 0 Å². The van der Waals surface area contributed by atoms with Crippen LogP contribution >= 0.6 is 0 Å². The van der Waals surface area contributed by atoms with Gasteiger partial charge >= 0.3 is 17.9 Å². The number of aliphatic carboxylic acids is 1. The van der Waals surface area contributed by atoms with Crippen LogP contribution in [0.3, 0.4) is 0 Å². The number of ether oxygens (including phenoxy) is 12. The molecule has 5 saturated heterocycles. The maximum absolute atomic E-state index is 16.0. The highest BCUT2D eigenvalue weighted by molar-refractivity contribution is 5.87. The number of allylic oxidation sites excluding steroid dienone is 2. The summed E-state index contributed by atoms with van der Waals surface area (Å²) >= 11 is 0. The lowest BCUT2D eigenvalue weighted by atomic mass is 9.33. The van der Waals surface area contributed by atoms with Crippen molar-refractivity contribution in [1.29, 1.82) is 0 Å². The largest absolute Gasteiger partial charge is 0.497 e. The van der Waals surface area contributed by atoms with Crippen molar-refractivity contribution >= 4 is 30.3 Å². The summed E-state index contributed by atoms with van der Waals surface area (Å²) in [5, 5.41) is 166. The van der Waals surface area contributed by atoms with Gasteiger partial charge in [-0.25, -0.2) is 9.59 Å². The molecule has 0 amide bonds. The Bertz CT molecular complexity index is 3170. The number of rotatable bonds is 18. The van der Waals surface area contributed by atoms with E-state index in [1.165, 1.54) is 27.0 Å². The lowest BCUT2D eigenvalue weighted by Crippen LogP contribution is -2.69. The number of aliphatic hydroxyl groups excluding tert-OH is 14. The zero-order valence-corrected chi connectivity index (χ0v) is 58.0. The minimum absolute atomic E-state index is 0.0423. The zero-order chi connectivity index (χ0) is 73.7. The summed E-state index contributed by atoms with van der Waals surface area (Å²) in [6.07, 6.45) is -39.6. The van der Waals surface area contributed by atoms with E-state index in [-0.39, 0.29) is 25.2 Å². The molecule has 15 N–H and O–H groups in total. The van der Waals surface area contributed by atoms with Crippen LogP contribution in [0.1, 0.15) is 119 Å². The quantitative estimate of drug-likeness (QED) is 0.0258. The van der Waals surface area contributed by atoms with Gasteiger partial charge in [0.1, 0.15) is 109 Å². The molecule has 0 bridgehead atoms. The molecule has 10 aliphatic rings. The van der Waals surface area contributed by atoms with Crippen LogP contribution in [0.25, 0.3) is 6.08 Å². The summed E-state index contributed by atoms with van der Waals surface area (Å²) in [6, 6.07) is 6.72. The van der Waals surface area contributed by atoms with E-state index < -0.39 is 241 Å². The first kappa shape index (κ1) is 77.8. The van der Waals surface area contributed by atoms with Crippen LogP contribution in [0.4, 0.5) is 0 Å². The van der Waals surface area contributed by atoms with E-state index in [4.69, 9.17) is 56.8 Å². The van der Waals surface area contributed by atoms with Gasteiger partial charge in [0.25, 0.3) is 0 Å². The third kappa shape index (κ3) is 13.6. The van der Waals surface area contributed by atoms with E-state index in [1.807, 2.05) is 0 Å². The Morgan fingerprint density at radius 2 is 1.13 bits per heavy atom. The number of hydrogen-bond donors (Lipinski definition) is 15. The van der Waals surface area contributed by atoms with Crippen LogP contribution < -0.4 is 4.74 Å². The number of carbonyl (C=O) groups is 4. The lowest BCUT2D eigenvalue weighted by molar-refractivity contribution is -0.388. The van der Waals surface area contributed by atoms with Crippen LogP contribution in [-0.4, -0.2) is 287 Å². The van der Waals surface area contributed by atoms with Crippen molar-refractivity contribution in [3.05, 3.63) is 47.6 Å². The fourth-order valence-electron chi connectivity index (χ4n) is 19.0. The van der Waals surface area contributed by atoms with Gasteiger partial charge in [-0.3, -0.25) is 4.79 Å². The van der Waals surface area contributed by atoms with Crippen LogP contribution in [0.5, 0.6) is 5.75 Å². The maximum Gasteiger partial charge on any atom is 0.335 e. The highest BCUT2D eigenvalue weighted by Crippen LogP contribution is 2.76. The van der Waals surface area contributed by atoms with Gasteiger partial charge < -0.3 is 138 Å². The minimum Gasteiger partial charge on any atom is -0.497 e. The van der Waals surface area contributed by atoms with Crippen molar-refractivity contribution in [3.8, 4) is 5.75 Å². The van der Waals surface area contributed by atoms with E-state index in [0.717, 1.165) is 17.9 Å².